The van der Waals surface area contributed by atoms with E-state index in [2.05, 4.69) is 15.3 Å². The van der Waals surface area contributed by atoms with E-state index in [1.165, 1.54) is 0 Å². The molecule has 1 aromatic rings. The Kier molecular flexibility index (Phi) is 5.12. The number of aliphatic carboxylic acids is 1. The van der Waals surface area contributed by atoms with Gasteiger partial charge in [-0.2, -0.15) is 0 Å². The summed E-state index contributed by atoms with van der Waals surface area (Å²) < 4.78 is 4.85. The van der Waals surface area contributed by atoms with Gasteiger partial charge in [-0.1, -0.05) is 0 Å². The highest BCUT2D eigenvalue weighted by Gasteiger charge is 2.18. The molecule has 0 spiro atoms. The third-order valence-corrected chi connectivity index (χ3v) is 2.34. The predicted octanol–water partition coefficient (Wildman–Crippen LogP) is -0.356. The first-order valence-electron chi connectivity index (χ1n) is 5.37. The average Bonchev–Trinajstić information content (AvgIpc) is 2.33. The number of rotatable bonds is 7. The lowest BCUT2D eigenvalue weighted by Crippen LogP contribution is -2.31. The molecule has 0 fully saturated rings. The number of nitrogens with two attached hydrogens (primary N) is 1. The minimum Gasteiger partial charge on any atom is -0.480 e. The molecular weight excluding hydrogens is 240 g/mol. The number of nitrogen functional groups attached to an aromatic ring is 1. The van der Waals surface area contributed by atoms with Crippen molar-refractivity contribution < 1.29 is 14.6 Å². The minimum absolute atomic E-state index is 0.0727. The van der Waals surface area contributed by atoms with Gasteiger partial charge in [-0.3, -0.25) is 4.79 Å². The third-order valence-electron chi connectivity index (χ3n) is 2.34. The van der Waals surface area contributed by atoms with E-state index in [9.17, 15) is 9.59 Å². The number of nitrogens with zero attached hydrogens (tertiary/aromatic N) is 1. The molecule has 1 aromatic heterocycles. The van der Waals surface area contributed by atoms with E-state index in [1.807, 2.05) is 0 Å². The Balaban J connectivity index is 2.74. The van der Waals surface area contributed by atoms with E-state index < -0.39 is 17.6 Å². The molecule has 100 valence electrons. The van der Waals surface area contributed by atoms with Crippen molar-refractivity contribution in [3.8, 4) is 0 Å². The molecule has 0 saturated carbocycles. The number of carboxylic acids is 1. The third kappa shape index (κ3) is 3.74. The normalized spacial score (nSPS) is 12.1. The van der Waals surface area contributed by atoms with E-state index in [-0.39, 0.29) is 11.5 Å². The fourth-order valence-corrected chi connectivity index (χ4v) is 1.38. The molecule has 1 atom stereocenters. The SMILES string of the molecule is COCCCC(Nc1nc[nH]c(=O)c1N)C(=O)O. The first kappa shape index (κ1) is 14.0. The van der Waals surface area contributed by atoms with E-state index in [1.54, 1.807) is 7.11 Å². The second-order valence-corrected chi connectivity index (χ2v) is 3.66. The number of anilines is 2. The highest BCUT2D eigenvalue weighted by Crippen LogP contribution is 2.12. The van der Waals surface area contributed by atoms with Crippen LogP contribution in [0.5, 0.6) is 0 Å². The van der Waals surface area contributed by atoms with Gasteiger partial charge in [0.15, 0.2) is 5.82 Å². The molecule has 0 aliphatic rings. The lowest BCUT2D eigenvalue weighted by Gasteiger charge is -2.15. The summed E-state index contributed by atoms with van der Waals surface area (Å²) in [6, 6.07) is -0.864. The zero-order valence-corrected chi connectivity index (χ0v) is 9.97. The van der Waals surface area contributed by atoms with Crippen LogP contribution < -0.4 is 16.6 Å². The second kappa shape index (κ2) is 6.60. The molecule has 0 saturated heterocycles. The van der Waals surface area contributed by atoms with Gasteiger partial charge in [-0.15, -0.1) is 0 Å². The molecule has 0 aliphatic carbocycles. The Hall–Kier alpha value is -2.09. The number of hydrogen-bond acceptors (Lipinski definition) is 6. The fourth-order valence-electron chi connectivity index (χ4n) is 1.38. The summed E-state index contributed by atoms with van der Waals surface area (Å²) >= 11 is 0. The molecule has 8 nitrogen and oxygen atoms in total. The van der Waals surface area contributed by atoms with Crippen molar-refractivity contribution in [1.82, 2.24) is 9.97 Å². The van der Waals surface area contributed by atoms with Gasteiger partial charge in [0.05, 0.1) is 6.33 Å². The predicted molar refractivity (Wildman–Crippen MR) is 65.4 cm³/mol. The zero-order valence-electron chi connectivity index (χ0n) is 9.97. The van der Waals surface area contributed by atoms with E-state index >= 15 is 0 Å². The number of hydrogen-bond donors (Lipinski definition) is 4. The highest BCUT2D eigenvalue weighted by atomic mass is 16.5. The van der Waals surface area contributed by atoms with Crippen LogP contribution in [-0.2, 0) is 9.53 Å². The van der Waals surface area contributed by atoms with Gasteiger partial charge in [-0.05, 0) is 12.8 Å². The van der Waals surface area contributed by atoms with E-state index in [4.69, 9.17) is 15.6 Å². The summed E-state index contributed by atoms with van der Waals surface area (Å²) in [6.07, 6.45) is 2.08. The smallest absolute Gasteiger partial charge is 0.326 e. The molecule has 0 bridgehead atoms. The maximum Gasteiger partial charge on any atom is 0.326 e. The summed E-state index contributed by atoms with van der Waals surface area (Å²) in [5, 5.41) is 11.7. The van der Waals surface area contributed by atoms with Crippen LogP contribution in [0, 0.1) is 0 Å². The Morgan fingerprint density at radius 1 is 1.72 bits per heavy atom. The number of aromatic amines is 1. The second-order valence-electron chi connectivity index (χ2n) is 3.66. The molecule has 1 unspecified atom stereocenters. The monoisotopic (exact) mass is 256 g/mol. The van der Waals surface area contributed by atoms with Crippen LogP contribution in [0.4, 0.5) is 11.5 Å². The Morgan fingerprint density at radius 2 is 2.44 bits per heavy atom. The van der Waals surface area contributed by atoms with Gasteiger partial charge in [-0.25, -0.2) is 9.78 Å². The average molecular weight is 256 g/mol. The maximum absolute atomic E-state index is 11.2. The first-order valence-corrected chi connectivity index (χ1v) is 5.37. The topological polar surface area (TPSA) is 130 Å². The molecule has 0 amide bonds. The van der Waals surface area contributed by atoms with Crippen molar-refractivity contribution in [1.29, 1.82) is 0 Å². The lowest BCUT2D eigenvalue weighted by molar-refractivity contribution is -0.138. The van der Waals surface area contributed by atoms with Crippen LogP contribution in [0.25, 0.3) is 0 Å². The molecule has 5 N–H and O–H groups in total. The van der Waals surface area contributed by atoms with Crippen LogP contribution in [0.15, 0.2) is 11.1 Å². The van der Waals surface area contributed by atoms with Crippen molar-refractivity contribution in [3.05, 3.63) is 16.7 Å². The van der Waals surface area contributed by atoms with Gasteiger partial charge in [0.1, 0.15) is 11.7 Å². The van der Waals surface area contributed by atoms with Crippen LogP contribution in [0.1, 0.15) is 12.8 Å². The number of carboxylic acid groups (broad SMARTS) is 1. The summed E-state index contributed by atoms with van der Waals surface area (Å²) in [5.74, 6) is -0.962. The van der Waals surface area contributed by atoms with Crippen molar-refractivity contribution >= 4 is 17.5 Å². The van der Waals surface area contributed by atoms with Gasteiger partial charge < -0.3 is 25.9 Å². The van der Waals surface area contributed by atoms with E-state index in [0.717, 1.165) is 6.33 Å². The van der Waals surface area contributed by atoms with Crippen LogP contribution >= 0.6 is 0 Å². The summed E-state index contributed by atoms with van der Waals surface area (Å²) in [4.78, 5) is 28.4. The van der Waals surface area contributed by atoms with E-state index in [0.29, 0.717) is 19.4 Å². The largest absolute Gasteiger partial charge is 0.480 e. The standard InChI is InChI=1S/C10H16N4O4/c1-18-4-2-3-6(10(16)17)14-8-7(11)9(15)13-5-12-8/h5-6H,2-4,11H2,1H3,(H,16,17)(H2,12,13,14,15). The number of ether oxygens (including phenoxy) is 1. The summed E-state index contributed by atoms with van der Waals surface area (Å²) in [6.45, 7) is 0.462. The van der Waals surface area contributed by atoms with Crippen molar-refractivity contribution in [2.75, 3.05) is 24.8 Å². The summed E-state index contributed by atoms with van der Waals surface area (Å²) in [5.41, 5.74) is 4.86. The van der Waals surface area contributed by atoms with Crippen LogP contribution in [0.2, 0.25) is 0 Å². The zero-order chi connectivity index (χ0) is 13.5. The van der Waals surface area contributed by atoms with Gasteiger partial charge >= 0.3 is 5.97 Å². The minimum atomic E-state index is -1.03. The van der Waals surface area contributed by atoms with Crippen LogP contribution in [0.3, 0.4) is 0 Å². The number of H-pyrrole nitrogens is 1. The Morgan fingerprint density at radius 3 is 3.06 bits per heavy atom. The van der Waals surface area contributed by atoms with Gasteiger partial charge in [0, 0.05) is 13.7 Å². The lowest BCUT2D eigenvalue weighted by atomic mass is 10.1. The van der Waals surface area contributed by atoms with Crippen LogP contribution in [-0.4, -0.2) is 40.8 Å². The quantitative estimate of drug-likeness (QED) is 0.490. The molecule has 1 heterocycles. The fraction of sp³-hybridized carbons (Fsp3) is 0.500. The first-order chi connectivity index (χ1) is 8.56. The van der Waals surface area contributed by atoms with Gasteiger partial charge in [0.25, 0.3) is 5.56 Å². The Labute approximate surface area is 103 Å². The molecule has 18 heavy (non-hydrogen) atoms. The number of carbonyl (C=O) groups is 1. The number of nitrogens with one attached hydrogen (secondary N) is 2. The van der Waals surface area contributed by atoms with Crippen molar-refractivity contribution in [3.63, 3.8) is 0 Å². The molecule has 1 rings (SSSR count). The van der Waals surface area contributed by atoms with Crippen molar-refractivity contribution in [2.45, 2.75) is 18.9 Å². The highest BCUT2D eigenvalue weighted by molar-refractivity contribution is 5.78. The molecule has 0 aliphatic heterocycles. The van der Waals surface area contributed by atoms with Crippen molar-refractivity contribution in [2.24, 2.45) is 0 Å². The summed E-state index contributed by atoms with van der Waals surface area (Å²) in [7, 11) is 1.54. The maximum atomic E-state index is 11.2. The van der Waals surface area contributed by atoms with Gasteiger partial charge in [0.2, 0.25) is 0 Å². The number of methoxy groups -OCH3 is 1. The molecule has 0 aromatic carbocycles. The number of aromatic nitrogens is 2. The molecule has 8 heteroatoms. The Bertz CT molecular complexity index is 459. The molecular formula is C10H16N4O4. The molecule has 0 radical (unpaired) electrons.